The summed E-state index contributed by atoms with van der Waals surface area (Å²) in [7, 11) is 1.61. The van der Waals surface area contributed by atoms with Crippen LogP contribution in [0.2, 0.25) is 0 Å². The van der Waals surface area contributed by atoms with Gasteiger partial charge in [0.05, 0.1) is 7.11 Å². The van der Waals surface area contributed by atoms with Gasteiger partial charge in [0.2, 0.25) is 0 Å². The Kier molecular flexibility index (Phi) is 7.31. The molecule has 2 rings (SSSR count). The van der Waals surface area contributed by atoms with Gasteiger partial charge in [-0.3, -0.25) is 9.69 Å². The van der Waals surface area contributed by atoms with E-state index in [0.29, 0.717) is 17.4 Å². The smallest absolute Gasteiger partial charge is 0.260 e. The third-order valence-electron chi connectivity index (χ3n) is 4.25. The molecule has 1 heterocycles. The monoisotopic (exact) mass is 346 g/mol. The topological polar surface area (TPSA) is 42.0 Å². The summed E-state index contributed by atoms with van der Waals surface area (Å²) in [6, 6.07) is 5.71. The van der Waals surface area contributed by atoms with E-state index >= 15 is 0 Å². The molecule has 0 bridgehead atoms. The van der Waals surface area contributed by atoms with Crippen LogP contribution in [0.1, 0.15) is 26.3 Å². The van der Waals surface area contributed by atoms with Crippen LogP contribution >= 0.6 is 0 Å². The maximum Gasteiger partial charge on any atom is 0.260 e. The highest BCUT2D eigenvalue weighted by Gasteiger charge is 2.22. The summed E-state index contributed by atoms with van der Waals surface area (Å²) < 4.78 is 11.1. The number of hydrogen-bond acceptors (Lipinski definition) is 4. The first-order valence-electron chi connectivity index (χ1n) is 8.97. The first-order chi connectivity index (χ1) is 12.0. The lowest BCUT2D eigenvalue weighted by molar-refractivity contribution is -0.135. The predicted octanol–water partition coefficient (Wildman–Crippen LogP) is 2.91. The molecule has 1 amide bonds. The number of carbonyl (C=O) groups excluding carboxylic acids is 1. The van der Waals surface area contributed by atoms with Crippen LogP contribution < -0.4 is 9.47 Å². The fourth-order valence-corrected chi connectivity index (χ4v) is 3.03. The van der Waals surface area contributed by atoms with Crippen LogP contribution in [-0.4, -0.2) is 62.1 Å². The number of nitrogens with zero attached hydrogens (tertiary/aromatic N) is 2. The summed E-state index contributed by atoms with van der Waals surface area (Å²) in [4.78, 5) is 16.7. The molecule has 0 unspecified atom stereocenters. The van der Waals surface area contributed by atoms with Gasteiger partial charge in [0.1, 0.15) is 0 Å². The van der Waals surface area contributed by atoms with Crippen molar-refractivity contribution in [3.63, 3.8) is 0 Å². The van der Waals surface area contributed by atoms with Crippen molar-refractivity contribution in [3.8, 4) is 11.5 Å². The third-order valence-corrected chi connectivity index (χ3v) is 4.25. The number of piperazine rings is 1. The second-order valence-corrected chi connectivity index (χ2v) is 6.77. The zero-order chi connectivity index (χ0) is 18.2. The average Bonchev–Trinajstić information content (AvgIpc) is 2.60. The lowest BCUT2D eigenvalue weighted by atomic mass is 10.2. The second kappa shape index (κ2) is 9.47. The van der Waals surface area contributed by atoms with E-state index in [0.717, 1.165) is 38.3 Å². The van der Waals surface area contributed by atoms with E-state index in [9.17, 15) is 4.79 Å². The van der Waals surface area contributed by atoms with Crippen LogP contribution in [0.25, 0.3) is 6.08 Å². The summed E-state index contributed by atoms with van der Waals surface area (Å²) in [5.74, 6) is 1.93. The van der Waals surface area contributed by atoms with E-state index in [1.165, 1.54) is 0 Å². The van der Waals surface area contributed by atoms with Crippen LogP contribution in [-0.2, 0) is 4.79 Å². The molecule has 0 radical (unpaired) electrons. The Labute approximate surface area is 151 Å². The first-order valence-corrected chi connectivity index (χ1v) is 8.97. The van der Waals surface area contributed by atoms with Crippen molar-refractivity contribution in [2.45, 2.75) is 20.8 Å². The zero-order valence-electron chi connectivity index (χ0n) is 15.8. The molecule has 5 nitrogen and oxygen atoms in total. The summed E-state index contributed by atoms with van der Waals surface area (Å²) >= 11 is 0. The number of methoxy groups -OCH3 is 1. The molecule has 25 heavy (non-hydrogen) atoms. The van der Waals surface area contributed by atoms with Crippen LogP contribution in [0.5, 0.6) is 11.5 Å². The Bertz CT molecular complexity index is 591. The molecule has 5 heteroatoms. The summed E-state index contributed by atoms with van der Waals surface area (Å²) in [5.41, 5.74) is 1.04. The van der Waals surface area contributed by atoms with E-state index in [1.807, 2.05) is 42.2 Å². The Morgan fingerprint density at radius 2 is 1.92 bits per heavy atom. The van der Waals surface area contributed by atoms with Gasteiger partial charge >= 0.3 is 0 Å². The van der Waals surface area contributed by atoms with Crippen LogP contribution in [0.3, 0.4) is 0 Å². The van der Waals surface area contributed by atoms with Gasteiger partial charge in [-0.25, -0.2) is 0 Å². The molecule has 1 fully saturated rings. The number of amides is 1. The van der Waals surface area contributed by atoms with Crippen molar-refractivity contribution in [1.29, 1.82) is 0 Å². The largest absolute Gasteiger partial charge is 0.493 e. The van der Waals surface area contributed by atoms with Gasteiger partial charge in [-0.05, 0) is 30.5 Å². The highest BCUT2D eigenvalue weighted by atomic mass is 16.5. The minimum Gasteiger partial charge on any atom is -0.493 e. The lowest BCUT2D eigenvalue weighted by Crippen LogP contribution is -2.50. The van der Waals surface area contributed by atoms with Crippen molar-refractivity contribution < 1.29 is 14.3 Å². The van der Waals surface area contributed by atoms with Crippen LogP contribution in [0.15, 0.2) is 24.3 Å². The minimum atomic E-state index is 0.0313. The summed E-state index contributed by atoms with van der Waals surface area (Å²) in [5, 5.41) is 0. The van der Waals surface area contributed by atoms with Crippen molar-refractivity contribution in [3.05, 3.63) is 29.8 Å². The molecule has 0 aromatic heterocycles. The van der Waals surface area contributed by atoms with Crippen molar-refractivity contribution in [1.82, 2.24) is 9.80 Å². The maximum absolute atomic E-state index is 12.4. The molecule has 1 aromatic rings. The van der Waals surface area contributed by atoms with E-state index in [1.54, 1.807) is 7.11 Å². The van der Waals surface area contributed by atoms with E-state index in [4.69, 9.17) is 9.47 Å². The Morgan fingerprint density at radius 1 is 1.20 bits per heavy atom. The van der Waals surface area contributed by atoms with Gasteiger partial charge in [-0.1, -0.05) is 32.1 Å². The van der Waals surface area contributed by atoms with Gasteiger partial charge < -0.3 is 14.4 Å². The minimum absolute atomic E-state index is 0.0313. The standard InChI is InChI=1S/C20H30N2O3/c1-5-6-17-7-8-18(19(13-17)24-4)25-15-20(23)22-11-9-21(10-12-22)14-16(2)3/h5-8,13,16H,9-12,14-15H2,1-4H3/b6-5+. The number of carbonyl (C=O) groups is 1. The number of allylic oxidation sites excluding steroid dienone is 1. The third kappa shape index (κ3) is 5.78. The van der Waals surface area contributed by atoms with Crippen LogP contribution in [0, 0.1) is 5.92 Å². The molecular formula is C20H30N2O3. The van der Waals surface area contributed by atoms with Gasteiger partial charge in [-0.2, -0.15) is 0 Å². The zero-order valence-corrected chi connectivity index (χ0v) is 15.8. The molecule has 1 saturated heterocycles. The van der Waals surface area contributed by atoms with E-state index < -0.39 is 0 Å². The molecule has 0 aliphatic carbocycles. The number of rotatable bonds is 7. The molecular weight excluding hydrogens is 316 g/mol. The van der Waals surface area contributed by atoms with Gasteiger partial charge in [0, 0.05) is 32.7 Å². The normalized spacial score (nSPS) is 15.8. The number of hydrogen-bond donors (Lipinski definition) is 0. The maximum atomic E-state index is 12.4. The Morgan fingerprint density at radius 3 is 2.52 bits per heavy atom. The molecule has 1 aliphatic heterocycles. The predicted molar refractivity (Wildman–Crippen MR) is 101 cm³/mol. The quantitative estimate of drug-likeness (QED) is 0.761. The van der Waals surface area contributed by atoms with E-state index in [-0.39, 0.29) is 12.5 Å². The van der Waals surface area contributed by atoms with Crippen molar-refractivity contribution >= 4 is 12.0 Å². The second-order valence-electron chi connectivity index (χ2n) is 6.77. The highest BCUT2D eigenvalue weighted by molar-refractivity contribution is 5.78. The Balaban J connectivity index is 1.86. The highest BCUT2D eigenvalue weighted by Crippen LogP contribution is 2.28. The molecule has 0 saturated carbocycles. The Hall–Kier alpha value is -2.01. The first kappa shape index (κ1) is 19.3. The van der Waals surface area contributed by atoms with Crippen LogP contribution in [0.4, 0.5) is 0 Å². The number of ether oxygens (including phenoxy) is 2. The fourth-order valence-electron chi connectivity index (χ4n) is 3.03. The lowest BCUT2D eigenvalue weighted by Gasteiger charge is -2.35. The van der Waals surface area contributed by atoms with Gasteiger partial charge in [0.25, 0.3) is 5.91 Å². The van der Waals surface area contributed by atoms with E-state index in [2.05, 4.69) is 18.7 Å². The average molecular weight is 346 g/mol. The molecule has 0 spiro atoms. The molecule has 138 valence electrons. The molecule has 1 aliphatic rings. The summed E-state index contributed by atoms with van der Waals surface area (Å²) in [6.45, 7) is 11.0. The SMILES string of the molecule is C/C=C/c1ccc(OCC(=O)N2CCN(CC(C)C)CC2)c(OC)c1. The summed E-state index contributed by atoms with van der Waals surface area (Å²) in [6.07, 6.45) is 3.96. The van der Waals surface area contributed by atoms with Crippen molar-refractivity contribution in [2.75, 3.05) is 46.4 Å². The van der Waals surface area contributed by atoms with Crippen molar-refractivity contribution in [2.24, 2.45) is 5.92 Å². The van der Waals surface area contributed by atoms with Gasteiger partial charge in [0.15, 0.2) is 18.1 Å². The molecule has 0 N–H and O–H groups in total. The van der Waals surface area contributed by atoms with Gasteiger partial charge in [-0.15, -0.1) is 0 Å². The molecule has 0 atom stereocenters. The fraction of sp³-hybridized carbons (Fsp3) is 0.550. The number of benzene rings is 1. The molecule has 1 aromatic carbocycles.